The molecule has 2 N–H and O–H groups in total. The standard InChI is InChI=1S/C10H10ClN3O/c1-6(11)10(15)13-8-2-3-9-7(4-8)5-12-14-9/h2-6H,1H3,(H,12,14)(H,13,15). The van der Waals surface area contributed by atoms with Gasteiger partial charge in [0.2, 0.25) is 5.91 Å². The SMILES string of the molecule is CC(Cl)C(=O)Nc1ccc2[nH]ncc2c1. The van der Waals surface area contributed by atoms with Gasteiger partial charge in [0.15, 0.2) is 0 Å². The number of hydrogen-bond donors (Lipinski definition) is 2. The highest BCUT2D eigenvalue weighted by Crippen LogP contribution is 2.17. The van der Waals surface area contributed by atoms with Gasteiger partial charge in [-0.3, -0.25) is 9.89 Å². The number of nitrogens with zero attached hydrogens (tertiary/aromatic N) is 1. The van der Waals surface area contributed by atoms with E-state index in [-0.39, 0.29) is 5.91 Å². The van der Waals surface area contributed by atoms with Crippen molar-refractivity contribution in [1.82, 2.24) is 10.2 Å². The number of hydrogen-bond acceptors (Lipinski definition) is 2. The Kier molecular flexibility index (Phi) is 2.60. The van der Waals surface area contributed by atoms with Gasteiger partial charge in [0.25, 0.3) is 0 Å². The highest BCUT2D eigenvalue weighted by Gasteiger charge is 2.09. The molecule has 5 heteroatoms. The van der Waals surface area contributed by atoms with E-state index in [9.17, 15) is 4.79 Å². The summed E-state index contributed by atoms with van der Waals surface area (Å²) in [5.74, 6) is -0.209. The lowest BCUT2D eigenvalue weighted by atomic mass is 10.2. The second kappa shape index (κ2) is 3.90. The van der Waals surface area contributed by atoms with Gasteiger partial charge in [0.1, 0.15) is 5.38 Å². The number of amides is 1. The predicted molar refractivity (Wildman–Crippen MR) is 60.0 cm³/mol. The van der Waals surface area contributed by atoms with E-state index in [1.165, 1.54) is 0 Å². The summed E-state index contributed by atoms with van der Waals surface area (Å²) in [6.07, 6.45) is 1.70. The number of benzene rings is 1. The van der Waals surface area contributed by atoms with Crippen molar-refractivity contribution in [1.29, 1.82) is 0 Å². The van der Waals surface area contributed by atoms with Crippen molar-refractivity contribution < 1.29 is 4.79 Å². The molecule has 2 aromatic rings. The summed E-state index contributed by atoms with van der Waals surface area (Å²) in [6.45, 7) is 1.63. The van der Waals surface area contributed by atoms with Crippen LogP contribution in [0.2, 0.25) is 0 Å². The average Bonchev–Trinajstić information content (AvgIpc) is 2.64. The van der Waals surface area contributed by atoms with E-state index in [4.69, 9.17) is 11.6 Å². The lowest BCUT2D eigenvalue weighted by molar-refractivity contribution is -0.115. The highest BCUT2D eigenvalue weighted by atomic mass is 35.5. The van der Waals surface area contributed by atoms with Crippen LogP contribution >= 0.6 is 11.6 Å². The van der Waals surface area contributed by atoms with Gasteiger partial charge in [0.05, 0.1) is 11.7 Å². The van der Waals surface area contributed by atoms with E-state index in [1.54, 1.807) is 19.2 Å². The van der Waals surface area contributed by atoms with Crippen LogP contribution in [0.1, 0.15) is 6.92 Å². The minimum atomic E-state index is -0.537. The van der Waals surface area contributed by atoms with Crippen LogP contribution in [0.4, 0.5) is 5.69 Å². The van der Waals surface area contributed by atoms with Crippen LogP contribution in [0.3, 0.4) is 0 Å². The molecule has 0 radical (unpaired) electrons. The molecule has 1 heterocycles. The lowest BCUT2D eigenvalue weighted by Crippen LogP contribution is -2.20. The molecule has 0 aliphatic carbocycles. The fourth-order valence-electron chi connectivity index (χ4n) is 1.26. The first-order valence-electron chi connectivity index (χ1n) is 4.55. The van der Waals surface area contributed by atoms with E-state index in [0.717, 1.165) is 16.6 Å². The summed E-state index contributed by atoms with van der Waals surface area (Å²) < 4.78 is 0. The van der Waals surface area contributed by atoms with Gasteiger partial charge < -0.3 is 5.32 Å². The number of fused-ring (bicyclic) bond motifs is 1. The molecule has 1 amide bonds. The van der Waals surface area contributed by atoms with Crippen LogP contribution in [0, 0.1) is 0 Å². The first kappa shape index (κ1) is 9.98. The van der Waals surface area contributed by atoms with Crippen LogP contribution in [-0.2, 0) is 4.79 Å². The number of aromatic amines is 1. The maximum Gasteiger partial charge on any atom is 0.242 e. The molecule has 0 aliphatic heterocycles. The molecule has 0 saturated heterocycles. The largest absolute Gasteiger partial charge is 0.325 e. The van der Waals surface area contributed by atoms with Gasteiger partial charge in [-0.1, -0.05) is 0 Å². The van der Waals surface area contributed by atoms with Gasteiger partial charge in [-0.15, -0.1) is 11.6 Å². The highest BCUT2D eigenvalue weighted by molar-refractivity contribution is 6.32. The van der Waals surface area contributed by atoms with Crippen LogP contribution in [0.25, 0.3) is 10.9 Å². The van der Waals surface area contributed by atoms with Gasteiger partial charge in [-0.05, 0) is 25.1 Å². The summed E-state index contributed by atoms with van der Waals surface area (Å²) in [5, 5.41) is 9.85. The van der Waals surface area contributed by atoms with Crippen molar-refractivity contribution in [3.8, 4) is 0 Å². The minimum absolute atomic E-state index is 0.209. The molecule has 15 heavy (non-hydrogen) atoms. The quantitative estimate of drug-likeness (QED) is 0.767. The number of H-pyrrole nitrogens is 1. The number of alkyl halides is 1. The lowest BCUT2D eigenvalue weighted by Gasteiger charge is -2.05. The van der Waals surface area contributed by atoms with Crippen molar-refractivity contribution in [2.24, 2.45) is 0 Å². The zero-order valence-electron chi connectivity index (χ0n) is 8.12. The van der Waals surface area contributed by atoms with Crippen LogP contribution in [0.5, 0.6) is 0 Å². The molecule has 1 aromatic heterocycles. The maximum absolute atomic E-state index is 11.3. The Morgan fingerprint density at radius 1 is 1.60 bits per heavy atom. The number of carbonyl (C=O) groups excluding carboxylic acids is 1. The number of anilines is 1. The Balaban J connectivity index is 2.25. The molecule has 78 valence electrons. The van der Waals surface area contributed by atoms with Crippen molar-refractivity contribution >= 4 is 34.1 Å². The Bertz CT molecular complexity index is 492. The first-order valence-corrected chi connectivity index (χ1v) is 4.98. The summed E-state index contributed by atoms with van der Waals surface area (Å²) in [7, 11) is 0. The molecule has 0 spiro atoms. The van der Waals surface area contributed by atoms with Gasteiger partial charge in [-0.25, -0.2) is 0 Å². The van der Waals surface area contributed by atoms with Crippen molar-refractivity contribution in [3.05, 3.63) is 24.4 Å². The molecular formula is C10H10ClN3O. The minimum Gasteiger partial charge on any atom is -0.325 e. The molecule has 1 atom stereocenters. The van der Waals surface area contributed by atoms with E-state index in [1.807, 2.05) is 12.1 Å². The summed E-state index contributed by atoms with van der Waals surface area (Å²) >= 11 is 5.64. The molecule has 0 saturated carbocycles. The molecule has 1 aromatic carbocycles. The Hall–Kier alpha value is -1.55. The Morgan fingerprint density at radius 3 is 3.13 bits per heavy atom. The number of carbonyl (C=O) groups is 1. The molecule has 4 nitrogen and oxygen atoms in total. The van der Waals surface area contributed by atoms with E-state index < -0.39 is 5.38 Å². The number of halogens is 1. The van der Waals surface area contributed by atoms with Crippen LogP contribution in [0.15, 0.2) is 24.4 Å². The smallest absolute Gasteiger partial charge is 0.242 e. The molecular weight excluding hydrogens is 214 g/mol. The molecule has 0 fully saturated rings. The fraction of sp³-hybridized carbons (Fsp3) is 0.200. The van der Waals surface area contributed by atoms with Crippen molar-refractivity contribution in [2.75, 3.05) is 5.32 Å². The van der Waals surface area contributed by atoms with Gasteiger partial charge >= 0.3 is 0 Å². The zero-order valence-corrected chi connectivity index (χ0v) is 8.88. The molecule has 2 rings (SSSR count). The summed E-state index contributed by atoms with van der Waals surface area (Å²) in [5.41, 5.74) is 1.66. The number of nitrogens with one attached hydrogen (secondary N) is 2. The third-order valence-corrected chi connectivity index (χ3v) is 2.27. The second-order valence-corrected chi connectivity index (χ2v) is 3.93. The predicted octanol–water partition coefficient (Wildman–Crippen LogP) is 2.13. The maximum atomic E-state index is 11.3. The zero-order chi connectivity index (χ0) is 10.8. The van der Waals surface area contributed by atoms with Crippen LogP contribution in [-0.4, -0.2) is 21.5 Å². The fourth-order valence-corrected chi connectivity index (χ4v) is 1.32. The van der Waals surface area contributed by atoms with Crippen molar-refractivity contribution in [2.45, 2.75) is 12.3 Å². The third kappa shape index (κ3) is 2.10. The Morgan fingerprint density at radius 2 is 2.40 bits per heavy atom. The third-order valence-electron chi connectivity index (χ3n) is 2.07. The second-order valence-electron chi connectivity index (χ2n) is 3.28. The normalized spacial score (nSPS) is 12.7. The van der Waals surface area contributed by atoms with E-state index in [0.29, 0.717) is 0 Å². The summed E-state index contributed by atoms with van der Waals surface area (Å²) in [6, 6.07) is 5.50. The molecule has 0 bridgehead atoms. The molecule has 0 aliphatic rings. The van der Waals surface area contributed by atoms with Crippen LogP contribution < -0.4 is 5.32 Å². The van der Waals surface area contributed by atoms with Gasteiger partial charge in [0, 0.05) is 11.1 Å². The van der Waals surface area contributed by atoms with Crippen molar-refractivity contribution in [3.63, 3.8) is 0 Å². The molecule has 1 unspecified atom stereocenters. The summed E-state index contributed by atoms with van der Waals surface area (Å²) in [4.78, 5) is 11.3. The topological polar surface area (TPSA) is 57.8 Å². The Labute approximate surface area is 91.6 Å². The van der Waals surface area contributed by atoms with Gasteiger partial charge in [-0.2, -0.15) is 5.10 Å². The number of aromatic nitrogens is 2. The number of rotatable bonds is 2. The first-order chi connectivity index (χ1) is 7.16. The average molecular weight is 224 g/mol. The van der Waals surface area contributed by atoms with E-state index in [2.05, 4.69) is 15.5 Å². The monoisotopic (exact) mass is 223 g/mol. The van der Waals surface area contributed by atoms with E-state index >= 15 is 0 Å².